The lowest BCUT2D eigenvalue weighted by molar-refractivity contribution is -0.0417. The molecule has 0 aromatic heterocycles. The molecule has 0 spiro atoms. The lowest BCUT2D eigenvalue weighted by atomic mass is 9.55. The molecule has 6 atom stereocenters. The maximum absolute atomic E-state index is 12.9. The fraction of sp³-hybridized carbons (Fsp3) is 0.696. The number of carbonyl (C=O) groups is 1. The van der Waals surface area contributed by atoms with Crippen LogP contribution in [0.4, 0.5) is 4.79 Å². The Hall–Kier alpha value is -1.17. The van der Waals surface area contributed by atoms with Gasteiger partial charge in [-0.3, -0.25) is 0 Å². The van der Waals surface area contributed by atoms with E-state index in [1.54, 1.807) is 17.0 Å². The monoisotopic (exact) mass is 455 g/mol. The Morgan fingerprint density at radius 1 is 1.20 bits per heavy atom. The lowest BCUT2D eigenvalue weighted by Crippen LogP contribution is -2.45. The third kappa shape index (κ3) is 3.78. The molecule has 4 rings (SSSR count). The van der Waals surface area contributed by atoms with Gasteiger partial charge in [0.2, 0.25) is 0 Å². The van der Waals surface area contributed by atoms with E-state index in [0.29, 0.717) is 42.6 Å². The van der Waals surface area contributed by atoms with Crippen molar-refractivity contribution in [3.05, 3.63) is 29.3 Å². The first-order valence-electron chi connectivity index (χ1n) is 11.0. The summed E-state index contributed by atoms with van der Waals surface area (Å²) in [5, 5.41) is 20.8. The minimum atomic E-state index is -0.422. The zero-order chi connectivity index (χ0) is 21.5. The van der Waals surface area contributed by atoms with Crippen LogP contribution in [0.25, 0.3) is 0 Å². The Balaban J connectivity index is 1.64. The van der Waals surface area contributed by atoms with E-state index in [9.17, 15) is 15.0 Å². The van der Waals surface area contributed by atoms with Crippen molar-refractivity contribution < 1.29 is 19.7 Å². The number of phenolic OH excluding ortho intramolecular Hbond substituents is 1. The fourth-order valence-corrected chi connectivity index (χ4v) is 6.74. The van der Waals surface area contributed by atoms with Gasteiger partial charge in [-0.1, -0.05) is 13.0 Å². The number of phenols is 1. The summed E-state index contributed by atoms with van der Waals surface area (Å²) in [7, 11) is 0. The molecule has 0 radical (unpaired) electrons. The fourth-order valence-electron chi connectivity index (χ4n) is 6.33. The van der Waals surface area contributed by atoms with Crippen LogP contribution >= 0.6 is 23.2 Å². The van der Waals surface area contributed by atoms with Crippen LogP contribution in [0.1, 0.15) is 62.2 Å². The van der Waals surface area contributed by atoms with Gasteiger partial charge in [-0.15, -0.1) is 23.2 Å². The van der Waals surface area contributed by atoms with E-state index in [1.807, 2.05) is 6.07 Å². The number of hydrogen-bond acceptors (Lipinski definition) is 4. The summed E-state index contributed by atoms with van der Waals surface area (Å²) >= 11 is 11.7. The van der Waals surface area contributed by atoms with Gasteiger partial charge in [0.25, 0.3) is 0 Å². The highest BCUT2D eigenvalue weighted by Crippen LogP contribution is 2.62. The molecule has 0 bridgehead atoms. The first-order chi connectivity index (χ1) is 14.4. The van der Waals surface area contributed by atoms with E-state index in [-0.39, 0.29) is 17.3 Å². The summed E-state index contributed by atoms with van der Waals surface area (Å²) in [6.07, 6.45) is 3.49. The molecule has 1 aromatic carbocycles. The van der Waals surface area contributed by atoms with Gasteiger partial charge in [0.05, 0.1) is 6.10 Å². The average molecular weight is 456 g/mol. The molecule has 1 aromatic rings. The second kappa shape index (κ2) is 8.76. The molecule has 3 aliphatic carbocycles. The van der Waals surface area contributed by atoms with E-state index in [2.05, 4.69) is 6.92 Å². The number of carbonyl (C=O) groups excluding carboxylic acids is 1. The van der Waals surface area contributed by atoms with Gasteiger partial charge in [0.15, 0.2) is 0 Å². The molecule has 0 aliphatic heterocycles. The third-order valence-corrected chi connectivity index (χ3v) is 8.24. The number of hydrogen-bond donors (Lipinski definition) is 2. The molecule has 2 fully saturated rings. The number of benzene rings is 1. The predicted molar refractivity (Wildman–Crippen MR) is 117 cm³/mol. The van der Waals surface area contributed by atoms with Crippen LogP contribution in [0.3, 0.4) is 0 Å². The smallest absolute Gasteiger partial charge is 0.410 e. The van der Waals surface area contributed by atoms with E-state index >= 15 is 0 Å². The van der Waals surface area contributed by atoms with Crippen molar-refractivity contribution in [1.29, 1.82) is 0 Å². The zero-order valence-corrected chi connectivity index (χ0v) is 18.9. The van der Waals surface area contributed by atoms with Crippen molar-refractivity contribution in [3.8, 4) is 5.75 Å². The zero-order valence-electron chi connectivity index (χ0n) is 17.4. The highest BCUT2D eigenvalue weighted by Gasteiger charge is 2.55. The standard InChI is InChI=1S/C23H31Cl2NO4/c1-23-7-6-16-15-3-2-14(27)12-18(15)20(13-17(16)19(23)4-5-21(23)28)30-22(29)26(10-8-24)11-9-25/h2-3,12,16-17,19-21,27-28H,4-11,13H2,1H3. The average Bonchev–Trinajstić information content (AvgIpc) is 3.03. The molecule has 3 aliphatic rings. The van der Waals surface area contributed by atoms with Gasteiger partial charge in [-0.25, -0.2) is 4.79 Å². The van der Waals surface area contributed by atoms with Crippen molar-refractivity contribution in [3.63, 3.8) is 0 Å². The number of rotatable bonds is 5. The van der Waals surface area contributed by atoms with Gasteiger partial charge < -0.3 is 19.8 Å². The number of amides is 1. The number of halogens is 2. The van der Waals surface area contributed by atoms with Crippen LogP contribution < -0.4 is 0 Å². The normalized spacial score (nSPS) is 34.6. The summed E-state index contributed by atoms with van der Waals surface area (Å²) in [6.45, 7) is 2.99. The molecule has 1 amide bonds. The van der Waals surface area contributed by atoms with Gasteiger partial charge in [0, 0.05) is 24.8 Å². The highest BCUT2D eigenvalue weighted by atomic mass is 35.5. The number of alkyl halides is 2. The van der Waals surface area contributed by atoms with Crippen LogP contribution in [0.15, 0.2) is 18.2 Å². The quantitative estimate of drug-likeness (QED) is 0.611. The molecular weight excluding hydrogens is 425 g/mol. The molecule has 5 nitrogen and oxygen atoms in total. The summed E-state index contributed by atoms with van der Waals surface area (Å²) in [5.74, 6) is 1.96. The maximum Gasteiger partial charge on any atom is 0.410 e. The van der Waals surface area contributed by atoms with Crippen molar-refractivity contribution in [2.45, 2.75) is 57.2 Å². The second-order valence-corrected chi connectivity index (χ2v) is 10.1. The van der Waals surface area contributed by atoms with Crippen LogP contribution in [-0.2, 0) is 4.74 Å². The Labute approximate surface area is 188 Å². The summed E-state index contributed by atoms with van der Waals surface area (Å²) in [6, 6.07) is 5.46. The topological polar surface area (TPSA) is 70.0 Å². The van der Waals surface area contributed by atoms with E-state index < -0.39 is 12.2 Å². The van der Waals surface area contributed by atoms with Crippen molar-refractivity contribution in [2.24, 2.45) is 17.3 Å². The van der Waals surface area contributed by atoms with Crippen LogP contribution in [-0.4, -0.2) is 52.2 Å². The molecule has 0 heterocycles. The Morgan fingerprint density at radius 2 is 1.93 bits per heavy atom. The van der Waals surface area contributed by atoms with Gasteiger partial charge in [0.1, 0.15) is 11.9 Å². The highest BCUT2D eigenvalue weighted by molar-refractivity contribution is 6.18. The minimum Gasteiger partial charge on any atom is -0.508 e. The number of aromatic hydroxyl groups is 1. The SMILES string of the molecule is CC12CCC3c4ccc(O)cc4C(OC(=O)N(CCCl)CCCl)CC3C1CCC2O. The van der Waals surface area contributed by atoms with Crippen LogP contribution in [0.2, 0.25) is 0 Å². The number of aliphatic hydroxyl groups is 1. The number of nitrogens with zero attached hydrogens (tertiary/aromatic N) is 1. The van der Waals surface area contributed by atoms with Gasteiger partial charge in [-0.05, 0) is 78.5 Å². The van der Waals surface area contributed by atoms with Crippen molar-refractivity contribution in [1.82, 2.24) is 4.90 Å². The molecule has 2 N–H and O–H groups in total. The first-order valence-corrected chi connectivity index (χ1v) is 12.0. The lowest BCUT2D eigenvalue weighted by Gasteiger charge is -2.51. The molecule has 6 unspecified atom stereocenters. The largest absolute Gasteiger partial charge is 0.508 e. The summed E-state index contributed by atoms with van der Waals surface area (Å²) in [4.78, 5) is 14.4. The molecular formula is C23H31Cl2NO4. The number of aliphatic hydroxyl groups excluding tert-OH is 1. The Kier molecular flexibility index (Phi) is 6.43. The predicted octanol–water partition coefficient (Wildman–Crippen LogP) is 5.02. The molecule has 0 saturated heterocycles. The number of ether oxygens (including phenoxy) is 1. The van der Waals surface area contributed by atoms with Crippen LogP contribution in [0.5, 0.6) is 5.75 Å². The Bertz CT molecular complexity index is 784. The molecule has 7 heteroatoms. The second-order valence-electron chi connectivity index (χ2n) is 9.30. The minimum absolute atomic E-state index is 0.0621. The van der Waals surface area contributed by atoms with Gasteiger partial charge in [-0.2, -0.15) is 0 Å². The number of fused-ring (bicyclic) bond motifs is 5. The summed E-state index contributed by atoms with van der Waals surface area (Å²) in [5.41, 5.74) is 2.02. The molecule has 166 valence electrons. The maximum atomic E-state index is 12.9. The van der Waals surface area contributed by atoms with E-state index in [4.69, 9.17) is 27.9 Å². The van der Waals surface area contributed by atoms with E-state index in [1.165, 1.54) is 5.56 Å². The molecule has 2 saturated carbocycles. The van der Waals surface area contributed by atoms with E-state index in [0.717, 1.165) is 37.7 Å². The van der Waals surface area contributed by atoms with Crippen molar-refractivity contribution >= 4 is 29.3 Å². The summed E-state index contributed by atoms with van der Waals surface area (Å²) < 4.78 is 5.99. The first kappa shape index (κ1) is 22.0. The van der Waals surface area contributed by atoms with Gasteiger partial charge >= 0.3 is 6.09 Å². The third-order valence-electron chi connectivity index (χ3n) is 7.90. The Morgan fingerprint density at radius 3 is 2.63 bits per heavy atom. The van der Waals surface area contributed by atoms with Crippen molar-refractivity contribution in [2.75, 3.05) is 24.8 Å². The molecule has 30 heavy (non-hydrogen) atoms. The van der Waals surface area contributed by atoms with Crippen LogP contribution in [0, 0.1) is 17.3 Å².